The molecule has 2 nitrogen and oxygen atoms in total. The van der Waals surface area contributed by atoms with Crippen molar-refractivity contribution in [2.75, 3.05) is 11.4 Å². The summed E-state index contributed by atoms with van der Waals surface area (Å²) in [6, 6.07) is 6.28. The molecule has 0 atom stereocenters. The van der Waals surface area contributed by atoms with E-state index >= 15 is 0 Å². The van der Waals surface area contributed by atoms with E-state index in [1.54, 1.807) is 0 Å². The largest absolute Gasteiger partial charge is 0.392 e. The maximum absolute atomic E-state index is 9.35. The number of hydrogen-bond donors (Lipinski definition) is 1. The Kier molecular flexibility index (Phi) is 3.52. The minimum atomic E-state index is 0.0241. The molecule has 0 spiro atoms. The van der Waals surface area contributed by atoms with Gasteiger partial charge >= 0.3 is 0 Å². The van der Waals surface area contributed by atoms with Gasteiger partial charge in [0.25, 0.3) is 0 Å². The lowest BCUT2D eigenvalue weighted by Crippen LogP contribution is -2.26. The van der Waals surface area contributed by atoms with Gasteiger partial charge in [-0.2, -0.15) is 0 Å². The van der Waals surface area contributed by atoms with E-state index in [1.165, 1.54) is 12.8 Å². The van der Waals surface area contributed by atoms with Gasteiger partial charge in [0.2, 0.25) is 0 Å². The fraction of sp³-hybridized carbons (Fsp3) is 0.385. The zero-order chi connectivity index (χ0) is 11.5. The highest BCUT2D eigenvalue weighted by atomic mass is 35.5. The summed E-state index contributed by atoms with van der Waals surface area (Å²) < 4.78 is 0. The molecule has 1 aromatic carbocycles. The maximum Gasteiger partial charge on any atom is 0.0702 e. The molecule has 2 rings (SSSR count). The van der Waals surface area contributed by atoms with E-state index in [2.05, 4.69) is 11.5 Å². The van der Waals surface area contributed by atoms with Gasteiger partial charge in [0.15, 0.2) is 0 Å². The van der Waals surface area contributed by atoms with Crippen LogP contribution in [0.25, 0.3) is 0 Å². The second-order valence-electron chi connectivity index (χ2n) is 4.10. The Morgan fingerprint density at radius 3 is 2.81 bits per heavy atom. The molecule has 0 heterocycles. The Balaban J connectivity index is 2.31. The first-order valence-electron chi connectivity index (χ1n) is 5.53. The maximum atomic E-state index is 9.35. The van der Waals surface area contributed by atoms with Crippen molar-refractivity contribution < 1.29 is 5.11 Å². The quantitative estimate of drug-likeness (QED) is 0.796. The molecule has 3 heteroatoms. The van der Waals surface area contributed by atoms with Crippen LogP contribution in [0, 0.1) is 0 Å². The summed E-state index contributed by atoms with van der Waals surface area (Å²) in [5, 5.41) is 10.0. The lowest BCUT2D eigenvalue weighted by molar-refractivity contribution is 0.282. The minimum Gasteiger partial charge on any atom is -0.392 e. The summed E-state index contributed by atoms with van der Waals surface area (Å²) >= 11 is 5.92. The molecule has 86 valence electrons. The van der Waals surface area contributed by atoms with Crippen molar-refractivity contribution in [3.8, 4) is 0 Å². The molecule has 0 saturated heterocycles. The van der Waals surface area contributed by atoms with Gasteiger partial charge in [0.05, 0.1) is 6.61 Å². The summed E-state index contributed by atoms with van der Waals surface area (Å²) in [5.41, 5.74) is 1.97. The van der Waals surface area contributed by atoms with E-state index in [0.29, 0.717) is 11.1 Å². The number of benzene rings is 1. The van der Waals surface area contributed by atoms with Crippen LogP contribution in [-0.2, 0) is 6.61 Å². The number of anilines is 1. The van der Waals surface area contributed by atoms with E-state index in [9.17, 15) is 5.11 Å². The summed E-state index contributed by atoms with van der Waals surface area (Å²) in [6.45, 7) is 4.62. The Bertz CT molecular complexity index is 388. The first-order chi connectivity index (χ1) is 7.76. The Morgan fingerprint density at radius 2 is 2.25 bits per heavy atom. The van der Waals surface area contributed by atoms with Crippen molar-refractivity contribution in [2.24, 2.45) is 0 Å². The standard InChI is InChI=1S/C13H16ClNO/c1-2-7-15(12-4-5-12)13-6-3-11(14)8-10(13)9-16/h2-3,6,8,12,16H,1,4-5,7,9H2. The van der Waals surface area contributed by atoms with Crippen molar-refractivity contribution in [1.82, 2.24) is 0 Å². The van der Waals surface area contributed by atoms with Crippen molar-refractivity contribution in [1.29, 1.82) is 0 Å². The lowest BCUT2D eigenvalue weighted by atomic mass is 10.1. The average molecular weight is 238 g/mol. The van der Waals surface area contributed by atoms with Gasteiger partial charge in [0.1, 0.15) is 0 Å². The number of halogens is 1. The van der Waals surface area contributed by atoms with Crippen LogP contribution in [0.4, 0.5) is 5.69 Å². The molecular weight excluding hydrogens is 222 g/mol. The van der Waals surface area contributed by atoms with Gasteiger partial charge in [-0.15, -0.1) is 6.58 Å². The van der Waals surface area contributed by atoms with E-state index in [-0.39, 0.29) is 6.61 Å². The number of hydrogen-bond acceptors (Lipinski definition) is 2. The zero-order valence-corrected chi connectivity index (χ0v) is 9.95. The second-order valence-corrected chi connectivity index (χ2v) is 4.54. The second kappa shape index (κ2) is 4.89. The monoisotopic (exact) mass is 237 g/mol. The molecule has 1 saturated carbocycles. The summed E-state index contributed by atoms with van der Waals surface area (Å²) in [7, 11) is 0. The molecule has 1 aromatic rings. The minimum absolute atomic E-state index is 0.0241. The van der Waals surface area contributed by atoms with Gasteiger partial charge in [0, 0.05) is 28.9 Å². The van der Waals surface area contributed by atoms with Crippen LogP contribution < -0.4 is 4.90 Å². The Morgan fingerprint density at radius 1 is 1.50 bits per heavy atom. The lowest BCUT2D eigenvalue weighted by Gasteiger charge is -2.25. The normalized spacial score (nSPS) is 14.9. The molecule has 0 bridgehead atoms. The summed E-state index contributed by atoms with van der Waals surface area (Å²) in [5.74, 6) is 0. The molecule has 1 aliphatic carbocycles. The van der Waals surface area contributed by atoms with Crippen molar-refractivity contribution in [3.05, 3.63) is 41.4 Å². The third kappa shape index (κ3) is 2.39. The highest BCUT2D eigenvalue weighted by molar-refractivity contribution is 6.30. The van der Waals surface area contributed by atoms with Crippen LogP contribution in [0.2, 0.25) is 5.02 Å². The van der Waals surface area contributed by atoms with Crippen LogP contribution in [0.5, 0.6) is 0 Å². The summed E-state index contributed by atoms with van der Waals surface area (Å²) in [6.07, 6.45) is 4.34. The molecular formula is C13H16ClNO. The zero-order valence-electron chi connectivity index (χ0n) is 9.19. The number of aliphatic hydroxyl groups is 1. The molecule has 0 aromatic heterocycles. The fourth-order valence-electron chi connectivity index (χ4n) is 1.93. The van der Waals surface area contributed by atoms with E-state index < -0.39 is 0 Å². The molecule has 0 aliphatic heterocycles. The van der Waals surface area contributed by atoms with Crippen molar-refractivity contribution >= 4 is 17.3 Å². The van der Waals surface area contributed by atoms with Gasteiger partial charge in [-0.25, -0.2) is 0 Å². The van der Waals surface area contributed by atoms with Crippen LogP contribution in [0.1, 0.15) is 18.4 Å². The Hall–Kier alpha value is -0.990. The molecule has 1 aliphatic rings. The SMILES string of the molecule is C=CCN(c1ccc(Cl)cc1CO)C1CC1. The molecule has 0 radical (unpaired) electrons. The highest BCUT2D eigenvalue weighted by Gasteiger charge is 2.29. The summed E-state index contributed by atoms with van der Waals surface area (Å²) in [4.78, 5) is 2.29. The van der Waals surface area contributed by atoms with Gasteiger partial charge < -0.3 is 10.0 Å². The molecule has 0 unspecified atom stereocenters. The predicted octanol–water partition coefficient (Wildman–Crippen LogP) is 2.99. The molecule has 1 fully saturated rings. The molecule has 0 amide bonds. The van der Waals surface area contributed by atoms with Crippen molar-refractivity contribution in [2.45, 2.75) is 25.5 Å². The third-order valence-electron chi connectivity index (χ3n) is 2.83. The predicted molar refractivity (Wildman–Crippen MR) is 67.9 cm³/mol. The number of aliphatic hydroxyl groups excluding tert-OH is 1. The van der Waals surface area contributed by atoms with Crippen LogP contribution in [0.15, 0.2) is 30.9 Å². The topological polar surface area (TPSA) is 23.5 Å². The van der Waals surface area contributed by atoms with Crippen molar-refractivity contribution in [3.63, 3.8) is 0 Å². The van der Waals surface area contributed by atoms with E-state index in [1.807, 2.05) is 24.3 Å². The molecule has 16 heavy (non-hydrogen) atoms. The first kappa shape index (κ1) is 11.5. The fourth-order valence-corrected chi connectivity index (χ4v) is 2.13. The van der Waals surface area contributed by atoms with Crippen LogP contribution >= 0.6 is 11.6 Å². The Labute approximate surface area is 101 Å². The number of nitrogens with zero attached hydrogens (tertiary/aromatic N) is 1. The molecule has 1 N–H and O–H groups in total. The smallest absolute Gasteiger partial charge is 0.0702 e. The van der Waals surface area contributed by atoms with Crippen LogP contribution in [0.3, 0.4) is 0 Å². The highest BCUT2D eigenvalue weighted by Crippen LogP contribution is 2.34. The van der Waals surface area contributed by atoms with Gasteiger partial charge in [-0.1, -0.05) is 17.7 Å². The van der Waals surface area contributed by atoms with Gasteiger partial charge in [-0.3, -0.25) is 0 Å². The first-order valence-corrected chi connectivity index (χ1v) is 5.91. The number of rotatable bonds is 5. The van der Waals surface area contributed by atoms with E-state index in [0.717, 1.165) is 17.8 Å². The van der Waals surface area contributed by atoms with Crippen LogP contribution in [-0.4, -0.2) is 17.7 Å². The van der Waals surface area contributed by atoms with E-state index in [4.69, 9.17) is 11.6 Å². The average Bonchev–Trinajstić information content (AvgIpc) is 3.10. The third-order valence-corrected chi connectivity index (χ3v) is 3.07. The van der Waals surface area contributed by atoms with Gasteiger partial charge in [-0.05, 0) is 31.0 Å².